The number of fused-ring (bicyclic) bond motifs is 25. The molecular formula is C103H146O15. The van der Waals surface area contributed by atoms with Gasteiger partial charge in [-0.1, -0.05) is 84.2 Å². The van der Waals surface area contributed by atoms with Gasteiger partial charge in [-0.15, -0.1) is 0 Å². The molecular weight excluding hydrogens is 1480 g/mol. The monoisotopic (exact) mass is 1620 g/mol. The molecule has 0 radical (unpaired) electrons. The Labute approximate surface area is 704 Å². The van der Waals surface area contributed by atoms with E-state index in [-0.39, 0.29) is 82.6 Å². The van der Waals surface area contributed by atoms with Gasteiger partial charge in [-0.3, -0.25) is 0 Å². The molecule has 12 N–H and O–H groups in total. The minimum atomic E-state index is -0.160. The number of rotatable bonds is 13. The van der Waals surface area contributed by atoms with E-state index in [1.54, 1.807) is 33.5 Å². The lowest BCUT2D eigenvalue weighted by molar-refractivity contribution is -0.0273. The highest BCUT2D eigenvalue weighted by molar-refractivity contribution is 5.48. The van der Waals surface area contributed by atoms with Crippen LogP contribution >= 0.6 is 0 Å². The molecule has 648 valence electrons. The molecule has 15 aliphatic carbocycles. The molecule has 0 aromatic heterocycles. The lowest BCUT2D eigenvalue weighted by Crippen LogP contribution is -2.44. The average Bonchev–Trinajstić information content (AvgIpc) is 1.48. The van der Waals surface area contributed by atoms with Gasteiger partial charge in [-0.2, -0.15) is 0 Å². The quantitative estimate of drug-likeness (QED) is 0.0489. The highest BCUT2D eigenvalue weighted by Gasteiger charge is 2.61. The Bertz CT molecular complexity index is 4070. The van der Waals surface area contributed by atoms with Crippen molar-refractivity contribution in [2.45, 2.75) is 317 Å². The number of ether oxygens (including phenoxy) is 3. The van der Waals surface area contributed by atoms with Crippen molar-refractivity contribution >= 4 is 0 Å². The van der Waals surface area contributed by atoms with Crippen LogP contribution in [-0.4, -0.2) is 146 Å². The first-order valence-electron chi connectivity index (χ1n) is 46.9. The van der Waals surface area contributed by atoms with Crippen LogP contribution in [0.4, 0.5) is 0 Å². The Morgan fingerprint density at radius 2 is 0.517 bits per heavy atom. The first kappa shape index (κ1) is 86.2. The van der Waals surface area contributed by atoms with Crippen LogP contribution in [0, 0.1) is 86.3 Å². The number of aliphatic hydroxyl groups excluding tert-OH is 7. The Morgan fingerprint density at radius 3 is 0.771 bits per heavy atom. The van der Waals surface area contributed by atoms with Crippen molar-refractivity contribution in [2.24, 2.45) is 86.3 Å². The second-order valence-electron chi connectivity index (χ2n) is 42.3. The molecule has 0 spiro atoms. The smallest absolute Gasteiger partial charge is 0.115 e. The molecule has 5 aromatic carbocycles. The van der Waals surface area contributed by atoms with Crippen LogP contribution in [0.15, 0.2) is 91.0 Å². The van der Waals surface area contributed by atoms with E-state index in [0.29, 0.717) is 148 Å². The highest BCUT2D eigenvalue weighted by atomic mass is 16.5. The van der Waals surface area contributed by atoms with Crippen molar-refractivity contribution in [2.75, 3.05) is 54.4 Å². The summed E-state index contributed by atoms with van der Waals surface area (Å²) in [7, 11) is 5.30. The van der Waals surface area contributed by atoms with E-state index in [1.165, 1.54) is 89.5 Å². The van der Waals surface area contributed by atoms with Gasteiger partial charge in [-0.05, 0) is 411 Å². The summed E-state index contributed by atoms with van der Waals surface area (Å²) in [5, 5.41) is 122. The van der Waals surface area contributed by atoms with Gasteiger partial charge in [0.15, 0.2) is 0 Å². The third kappa shape index (κ3) is 15.5. The SMILES string of the molecule is COCCCCCC[C@@H]1C[C@@H]2[C@H](CC[C@]3(C)[C@@H](O)CC[C@@H]23)c2ccc(O)cc21.COC[C@@H]1C[C@@H]2[C@H](CC[C@]3(C)[C@@H](O)CC[C@@H]23)c2ccc(O)cc21.COC[C@H]1C[C@@H]2[C@H](CC[C@]3(C)C(O)CC[C@@H]23)c2ccc(O)cc21.C[C@]12CC[C@@H]3c4ccc(O)cc4[C@@H](CO)C[C@H]3[C@@H]1CC[C@@H]2O.C[C@]12CC[C@@H]3c4ccc(O)cc4[C@H](CO)C[C@H]3[C@@H]1CC[C@@H]2O. The molecule has 0 aliphatic heterocycles. The van der Waals surface area contributed by atoms with Gasteiger partial charge in [0.2, 0.25) is 0 Å². The normalized spacial score (nSPS) is 41.2. The molecule has 0 heterocycles. The van der Waals surface area contributed by atoms with Gasteiger partial charge >= 0.3 is 0 Å². The molecule has 15 aliphatic rings. The predicted octanol–water partition coefficient (Wildman–Crippen LogP) is 19.6. The zero-order valence-corrected chi connectivity index (χ0v) is 72.4. The van der Waals surface area contributed by atoms with E-state index in [9.17, 15) is 61.3 Å². The molecule has 10 saturated carbocycles. The van der Waals surface area contributed by atoms with Crippen molar-refractivity contribution in [3.05, 3.63) is 147 Å². The summed E-state index contributed by atoms with van der Waals surface area (Å²) < 4.78 is 16.1. The van der Waals surface area contributed by atoms with E-state index in [2.05, 4.69) is 71.0 Å². The van der Waals surface area contributed by atoms with Crippen LogP contribution in [0.1, 0.15) is 342 Å². The van der Waals surface area contributed by atoms with Crippen molar-refractivity contribution in [1.29, 1.82) is 0 Å². The zero-order chi connectivity index (χ0) is 83.1. The second-order valence-corrected chi connectivity index (χ2v) is 42.3. The lowest BCUT2D eigenvalue weighted by atomic mass is 9.53. The van der Waals surface area contributed by atoms with E-state index in [4.69, 9.17) is 14.2 Å². The number of aliphatic hydroxyl groups is 7. The van der Waals surface area contributed by atoms with Crippen LogP contribution in [0.2, 0.25) is 0 Å². The number of hydrogen-bond donors (Lipinski definition) is 12. The Kier molecular flexibility index (Phi) is 25.6. The lowest BCUT2D eigenvalue weighted by Gasteiger charge is -2.51. The standard InChI is InChI=1S/C25H38O3.2C20H28O3.2C19H26O3/c1-25-13-12-20-19-9-8-18(26)16-21(19)17(7-5-3-4-6-14-28-2)15-22(20)23(25)10-11-24(25)27;2*1-20-8-7-15-14-4-3-13(21)10-16(14)12(11-23-2)9-17(15)18(20)5-6-19(20)22;2*1-19-7-6-14-13-3-2-12(21)9-15(13)11(10-20)8-16(14)17(19)4-5-18(19)22/h8-9,16-17,20,22-24,26-27H,3-7,10-15H2,1-2H3;2*3-4,10,12,15,17-19,21-22H,5-9,11H2,1-2H3;2*2-3,9,11,14,16-18,20-22H,4-8,10H2,1H3/t17-,20-,22-,23+,24+,25+;12-,15+,17+,18-,19-,20-;12-,15-,17-,18+,19?,20+;11-,14+,16+,17-,18-,19-;11-,14-,16-,17+,18+,19+/m10101/s1. The molecule has 20 rings (SSSR count). The molecule has 15 nitrogen and oxygen atoms in total. The molecule has 0 bridgehead atoms. The maximum atomic E-state index is 10.7. The van der Waals surface area contributed by atoms with Crippen molar-refractivity contribution < 1.29 is 75.5 Å². The highest BCUT2D eigenvalue weighted by Crippen LogP contribution is 2.69. The molecule has 0 saturated heterocycles. The van der Waals surface area contributed by atoms with Gasteiger partial charge in [0.1, 0.15) is 28.7 Å². The van der Waals surface area contributed by atoms with Crippen LogP contribution < -0.4 is 0 Å². The molecule has 15 heteroatoms. The predicted molar refractivity (Wildman–Crippen MR) is 462 cm³/mol. The molecule has 5 aromatic rings. The Hall–Kier alpha value is -5.30. The second kappa shape index (κ2) is 35.0. The number of phenols is 5. The number of methoxy groups -OCH3 is 3. The summed E-state index contributed by atoms with van der Waals surface area (Å²) in [5.74, 6) is 12.3. The van der Waals surface area contributed by atoms with Crippen LogP contribution in [0.5, 0.6) is 28.7 Å². The van der Waals surface area contributed by atoms with E-state index in [1.807, 2.05) is 42.5 Å². The number of aromatic hydroxyl groups is 5. The summed E-state index contributed by atoms with van der Waals surface area (Å²) in [6.45, 7) is 14.1. The van der Waals surface area contributed by atoms with Crippen molar-refractivity contribution in [1.82, 2.24) is 0 Å². The number of phenolic OH excluding ortho intramolecular Hbond substituents is 5. The minimum absolute atomic E-state index is 0.0651. The Balaban J connectivity index is 0.000000111. The first-order valence-corrected chi connectivity index (χ1v) is 46.9. The minimum Gasteiger partial charge on any atom is -0.508 e. The summed E-state index contributed by atoms with van der Waals surface area (Å²) in [4.78, 5) is 0. The maximum absolute atomic E-state index is 10.7. The summed E-state index contributed by atoms with van der Waals surface area (Å²) in [6.07, 6.45) is 32.7. The van der Waals surface area contributed by atoms with Gasteiger partial charge in [0.25, 0.3) is 0 Å². The Morgan fingerprint density at radius 1 is 0.280 bits per heavy atom. The average molecular weight is 1620 g/mol. The van der Waals surface area contributed by atoms with Gasteiger partial charge in [-0.25, -0.2) is 0 Å². The molecule has 30 atom stereocenters. The molecule has 118 heavy (non-hydrogen) atoms. The van der Waals surface area contributed by atoms with Crippen LogP contribution in [0.25, 0.3) is 0 Å². The number of benzene rings is 5. The molecule has 1 unspecified atom stereocenters. The van der Waals surface area contributed by atoms with Gasteiger partial charge in [0.05, 0.1) is 43.7 Å². The summed E-state index contributed by atoms with van der Waals surface area (Å²) >= 11 is 0. The third-order valence-electron chi connectivity index (χ3n) is 37.1. The van der Waals surface area contributed by atoms with Crippen molar-refractivity contribution in [3.8, 4) is 28.7 Å². The largest absolute Gasteiger partial charge is 0.508 e. The van der Waals surface area contributed by atoms with Crippen molar-refractivity contribution in [3.63, 3.8) is 0 Å². The molecule has 10 fully saturated rings. The third-order valence-corrected chi connectivity index (χ3v) is 37.1. The fourth-order valence-corrected chi connectivity index (χ4v) is 30.7. The zero-order valence-electron chi connectivity index (χ0n) is 72.4. The summed E-state index contributed by atoms with van der Waals surface area (Å²) in [5.41, 5.74) is 13.7. The fourth-order valence-electron chi connectivity index (χ4n) is 30.7. The maximum Gasteiger partial charge on any atom is 0.115 e. The van der Waals surface area contributed by atoms with E-state index >= 15 is 0 Å². The van der Waals surface area contributed by atoms with Crippen LogP contribution in [-0.2, 0) is 14.2 Å². The van der Waals surface area contributed by atoms with Gasteiger partial charge in [0, 0.05) is 64.8 Å². The fraction of sp³-hybridized carbons (Fsp3) is 0.709. The van der Waals surface area contributed by atoms with E-state index < -0.39 is 0 Å². The van der Waals surface area contributed by atoms with Gasteiger partial charge < -0.3 is 75.5 Å². The molecule has 0 amide bonds. The summed E-state index contributed by atoms with van der Waals surface area (Å²) in [6, 6.07) is 29.4. The number of unbranched alkanes of at least 4 members (excludes halogenated alkanes) is 3. The van der Waals surface area contributed by atoms with E-state index in [0.717, 1.165) is 165 Å². The topological polar surface area (TPSA) is 270 Å². The number of hydrogen-bond acceptors (Lipinski definition) is 15. The first-order chi connectivity index (χ1) is 56.7. The van der Waals surface area contributed by atoms with Crippen LogP contribution in [0.3, 0.4) is 0 Å².